The van der Waals surface area contributed by atoms with Gasteiger partial charge in [0.1, 0.15) is 0 Å². The largest absolute Gasteiger partial charge is 0.494 e. The van der Waals surface area contributed by atoms with Crippen molar-refractivity contribution in [2.75, 3.05) is 10.6 Å². The van der Waals surface area contributed by atoms with Crippen LogP contribution in [-0.4, -0.2) is 48.5 Å². The maximum Gasteiger partial charge on any atom is 0.494 e. The van der Waals surface area contributed by atoms with Gasteiger partial charge >= 0.3 is 14.2 Å². The zero-order chi connectivity index (χ0) is 35.0. The minimum atomic E-state index is -0.442. The van der Waals surface area contributed by atoms with Crippen molar-refractivity contribution in [2.45, 2.75) is 155 Å². The van der Waals surface area contributed by atoms with Crippen LogP contribution in [-0.2, 0) is 28.2 Å². The van der Waals surface area contributed by atoms with Gasteiger partial charge in [-0.15, -0.1) is 0 Å². The normalized spacial score (nSPS) is 19.0. The van der Waals surface area contributed by atoms with E-state index in [-0.39, 0.29) is 11.8 Å². The maximum absolute atomic E-state index is 12.5. The molecule has 2 aromatic carbocycles. The highest BCUT2D eigenvalue weighted by molar-refractivity contribution is 6.62. The van der Waals surface area contributed by atoms with E-state index in [4.69, 9.17) is 18.6 Å². The van der Waals surface area contributed by atoms with E-state index >= 15 is 0 Å². The lowest BCUT2D eigenvalue weighted by Crippen LogP contribution is -2.41. The van der Waals surface area contributed by atoms with Gasteiger partial charge in [-0.25, -0.2) is 0 Å². The number of nitrogens with one attached hydrogen (secondary N) is 2. The predicted molar refractivity (Wildman–Crippen MR) is 197 cm³/mol. The first kappa shape index (κ1) is 38.2. The zero-order valence-electron chi connectivity index (χ0n) is 30.7. The molecule has 2 aliphatic rings. The van der Waals surface area contributed by atoms with Crippen molar-refractivity contribution in [3.05, 3.63) is 48.5 Å². The van der Waals surface area contributed by atoms with Gasteiger partial charge in [-0.2, -0.15) is 0 Å². The van der Waals surface area contributed by atoms with Gasteiger partial charge in [0.05, 0.1) is 22.4 Å². The molecule has 2 heterocycles. The van der Waals surface area contributed by atoms with Crippen molar-refractivity contribution in [1.29, 1.82) is 0 Å². The second-order valence-electron chi connectivity index (χ2n) is 15.6. The molecular formula is C38H58B2N2O6. The lowest BCUT2D eigenvalue weighted by molar-refractivity contribution is -0.117. The van der Waals surface area contributed by atoms with Crippen molar-refractivity contribution in [2.24, 2.45) is 0 Å². The number of hydrogen-bond donors (Lipinski definition) is 2. The minimum Gasteiger partial charge on any atom is -0.399 e. The highest BCUT2D eigenvalue weighted by Gasteiger charge is 2.52. The quantitative estimate of drug-likeness (QED) is 0.135. The average molecular weight is 661 g/mol. The highest BCUT2D eigenvalue weighted by Crippen LogP contribution is 2.37. The van der Waals surface area contributed by atoms with E-state index in [1.165, 1.54) is 25.7 Å². The van der Waals surface area contributed by atoms with Crippen LogP contribution in [0.25, 0.3) is 0 Å². The Balaban J connectivity index is 0.994. The molecule has 0 radical (unpaired) electrons. The second kappa shape index (κ2) is 16.4. The van der Waals surface area contributed by atoms with Gasteiger partial charge in [-0.3, -0.25) is 9.59 Å². The lowest BCUT2D eigenvalue weighted by Gasteiger charge is -2.32. The van der Waals surface area contributed by atoms with Crippen LogP contribution in [0, 0.1) is 0 Å². The summed E-state index contributed by atoms with van der Waals surface area (Å²) in [6.07, 6.45) is 12.1. The van der Waals surface area contributed by atoms with E-state index < -0.39 is 36.6 Å². The fourth-order valence-electron chi connectivity index (χ4n) is 5.92. The molecule has 2 amide bonds. The molecule has 0 aliphatic carbocycles. The van der Waals surface area contributed by atoms with E-state index in [1.54, 1.807) is 0 Å². The van der Waals surface area contributed by atoms with Gasteiger partial charge in [-0.05, 0) is 103 Å². The molecule has 0 bridgehead atoms. The first-order valence-electron chi connectivity index (χ1n) is 18.1. The number of carbonyl (C=O) groups excluding carboxylic acids is 2. The second-order valence-corrected chi connectivity index (χ2v) is 15.6. The van der Waals surface area contributed by atoms with Crippen LogP contribution >= 0.6 is 0 Å². The summed E-state index contributed by atoms with van der Waals surface area (Å²) in [5.41, 5.74) is 1.78. The topological polar surface area (TPSA) is 95.1 Å². The first-order chi connectivity index (χ1) is 22.6. The molecule has 48 heavy (non-hydrogen) atoms. The Labute approximate surface area is 290 Å². The minimum absolute atomic E-state index is 0.0461. The number of rotatable bonds is 17. The molecule has 0 spiro atoms. The molecule has 2 saturated heterocycles. The Bertz CT molecular complexity index is 1240. The van der Waals surface area contributed by atoms with Crippen molar-refractivity contribution in [3.8, 4) is 0 Å². The summed E-state index contributed by atoms with van der Waals surface area (Å²) in [7, 11) is -0.884. The first-order valence-corrected chi connectivity index (χ1v) is 18.1. The molecule has 0 aromatic heterocycles. The van der Waals surface area contributed by atoms with Gasteiger partial charge in [0.15, 0.2) is 0 Å². The van der Waals surface area contributed by atoms with Crippen LogP contribution < -0.4 is 21.6 Å². The Kier molecular flexibility index (Phi) is 13.0. The molecule has 262 valence electrons. The summed E-state index contributed by atoms with van der Waals surface area (Å²) in [5, 5.41) is 6.07. The van der Waals surface area contributed by atoms with Crippen molar-refractivity contribution < 1.29 is 28.2 Å². The fourth-order valence-corrected chi connectivity index (χ4v) is 5.92. The van der Waals surface area contributed by atoms with Gasteiger partial charge in [0, 0.05) is 24.2 Å². The molecule has 8 nitrogen and oxygen atoms in total. The molecular weight excluding hydrogens is 602 g/mol. The molecule has 0 saturated carbocycles. The van der Waals surface area contributed by atoms with E-state index in [0.717, 1.165) is 60.8 Å². The van der Waals surface area contributed by atoms with E-state index in [9.17, 15) is 9.59 Å². The van der Waals surface area contributed by atoms with Gasteiger partial charge in [-0.1, -0.05) is 75.6 Å². The van der Waals surface area contributed by atoms with Gasteiger partial charge in [0.2, 0.25) is 11.8 Å². The molecule has 10 heteroatoms. The van der Waals surface area contributed by atoms with Crippen molar-refractivity contribution >= 4 is 48.4 Å². The lowest BCUT2D eigenvalue weighted by atomic mass is 9.79. The van der Waals surface area contributed by atoms with Crippen molar-refractivity contribution in [1.82, 2.24) is 0 Å². The third-order valence-electron chi connectivity index (χ3n) is 10.4. The Morgan fingerprint density at radius 2 is 0.792 bits per heavy atom. The fraction of sp³-hybridized carbons (Fsp3) is 0.632. The van der Waals surface area contributed by atoms with Crippen LogP contribution in [0.4, 0.5) is 11.4 Å². The molecule has 0 unspecified atom stereocenters. The predicted octanol–water partition coefficient (Wildman–Crippen LogP) is 7.54. The van der Waals surface area contributed by atoms with Crippen molar-refractivity contribution in [3.63, 3.8) is 0 Å². The number of anilines is 2. The van der Waals surface area contributed by atoms with E-state index in [2.05, 4.69) is 10.6 Å². The van der Waals surface area contributed by atoms with E-state index in [0.29, 0.717) is 12.8 Å². The third-order valence-corrected chi connectivity index (χ3v) is 10.4. The molecule has 4 rings (SSSR count). The summed E-state index contributed by atoms with van der Waals surface area (Å²) in [5.74, 6) is 0.0922. The number of hydrogen-bond acceptors (Lipinski definition) is 6. The Morgan fingerprint density at radius 3 is 1.10 bits per heavy atom. The molecule has 2 N–H and O–H groups in total. The van der Waals surface area contributed by atoms with Gasteiger partial charge in [0.25, 0.3) is 0 Å². The Morgan fingerprint density at radius 1 is 0.500 bits per heavy atom. The van der Waals surface area contributed by atoms with Crippen LogP contribution in [0.3, 0.4) is 0 Å². The monoisotopic (exact) mass is 660 g/mol. The van der Waals surface area contributed by atoms with Gasteiger partial charge < -0.3 is 29.3 Å². The number of carbonyl (C=O) groups is 2. The summed E-state index contributed by atoms with van der Waals surface area (Å²) in [4.78, 5) is 25.1. The molecule has 2 aliphatic heterocycles. The van der Waals surface area contributed by atoms with Crippen LogP contribution in [0.5, 0.6) is 0 Å². The summed E-state index contributed by atoms with van der Waals surface area (Å²) in [6.45, 7) is 16.3. The average Bonchev–Trinajstić information content (AvgIpc) is 3.37. The SMILES string of the molecule is CC1(C)OB(c2cccc(NC(=O)CCCCCCCCCCCCC(=O)Nc3cccc(B4OC(C)(C)C(C)(C)O4)c3)c2)OC1(C)C. The number of amides is 2. The zero-order valence-corrected chi connectivity index (χ0v) is 30.7. The Hall–Kier alpha value is -2.65. The van der Waals surface area contributed by atoms with Crippen LogP contribution in [0.1, 0.15) is 132 Å². The third kappa shape index (κ3) is 10.4. The summed E-state index contributed by atoms with van der Waals surface area (Å²) >= 11 is 0. The highest BCUT2D eigenvalue weighted by atomic mass is 16.7. The summed E-state index contributed by atoms with van der Waals surface area (Å²) < 4.78 is 24.6. The molecule has 0 atom stereocenters. The summed E-state index contributed by atoms with van der Waals surface area (Å²) in [6, 6.07) is 15.5. The molecule has 2 aromatic rings. The van der Waals surface area contributed by atoms with E-state index in [1.807, 2.05) is 104 Å². The maximum atomic E-state index is 12.5. The van der Waals surface area contributed by atoms with Crippen LogP contribution in [0.2, 0.25) is 0 Å². The standard InChI is InChI=1S/C38H58B2N2O6/c1-35(2)36(3,4)46-39(45-35)29-21-19-23-31(27-29)41-33(43)25-17-15-13-11-9-10-12-14-16-18-26-34(44)42-32-24-20-22-30(28-32)40-47-37(5,6)38(7,8)48-40/h19-24,27-28H,9-18,25-26H2,1-8H3,(H,41,43)(H,42,44). The number of unbranched alkanes of at least 4 members (excludes halogenated alkanes) is 9. The molecule has 2 fully saturated rings. The van der Waals surface area contributed by atoms with Crippen LogP contribution in [0.15, 0.2) is 48.5 Å². The smallest absolute Gasteiger partial charge is 0.399 e. The number of benzene rings is 2.